The molecular weight excluding hydrogens is 438 g/mol. The standard InChI is InChI=1S/C25H25N3O4S/c1-2-22(30)19-10-12-21(13-11-19)32-16-20(29)17-33-25-27-26-24(23-9-6-14-31-23)28(25)15-18-7-4-3-5-8-18/h3-14,20,29H,2,15-17H2,1H3. The molecule has 0 fully saturated rings. The normalized spacial score (nSPS) is 11.9. The number of benzene rings is 2. The second-order valence-electron chi connectivity index (χ2n) is 7.43. The van der Waals surface area contributed by atoms with Crippen LogP contribution in [0.3, 0.4) is 0 Å². The number of Topliss-reactive ketones (excluding diaryl/α,β-unsaturated/α-hetero) is 1. The first kappa shape index (κ1) is 22.8. The van der Waals surface area contributed by atoms with Crippen molar-refractivity contribution in [3.05, 3.63) is 84.1 Å². The molecule has 0 aliphatic rings. The average Bonchev–Trinajstić information content (AvgIpc) is 3.52. The number of aromatic nitrogens is 3. The Balaban J connectivity index is 1.38. The van der Waals surface area contributed by atoms with E-state index in [0.717, 1.165) is 5.56 Å². The highest BCUT2D eigenvalue weighted by Gasteiger charge is 2.18. The van der Waals surface area contributed by atoms with Crippen LogP contribution in [0.5, 0.6) is 5.75 Å². The summed E-state index contributed by atoms with van der Waals surface area (Å²) in [5.41, 5.74) is 1.77. The maximum absolute atomic E-state index is 11.7. The van der Waals surface area contributed by atoms with Crippen LogP contribution < -0.4 is 4.74 Å². The quantitative estimate of drug-likeness (QED) is 0.254. The molecule has 2 aromatic carbocycles. The fourth-order valence-corrected chi connectivity index (χ4v) is 4.09. The number of thioether (sulfide) groups is 1. The molecule has 33 heavy (non-hydrogen) atoms. The number of carbonyl (C=O) groups is 1. The SMILES string of the molecule is CCC(=O)c1ccc(OCC(O)CSc2nnc(-c3ccco3)n2Cc2ccccc2)cc1. The van der Waals surface area contributed by atoms with Gasteiger partial charge < -0.3 is 14.3 Å². The molecule has 2 heterocycles. The summed E-state index contributed by atoms with van der Waals surface area (Å²) in [6.45, 7) is 2.55. The number of carbonyl (C=O) groups excluding carboxylic acids is 1. The molecule has 1 atom stereocenters. The van der Waals surface area contributed by atoms with Crippen molar-refractivity contribution in [2.75, 3.05) is 12.4 Å². The highest BCUT2D eigenvalue weighted by atomic mass is 32.2. The van der Waals surface area contributed by atoms with Crippen LogP contribution in [0.15, 0.2) is 82.6 Å². The van der Waals surface area contributed by atoms with E-state index in [2.05, 4.69) is 10.2 Å². The van der Waals surface area contributed by atoms with E-state index in [1.165, 1.54) is 11.8 Å². The van der Waals surface area contributed by atoms with Gasteiger partial charge in [-0.05, 0) is 42.0 Å². The third kappa shape index (κ3) is 5.91. The molecule has 4 rings (SSSR count). The van der Waals surface area contributed by atoms with E-state index in [4.69, 9.17) is 9.15 Å². The van der Waals surface area contributed by atoms with Gasteiger partial charge in [-0.1, -0.05) is 49.0 Å². The second kappa shape index (κ2) is 11.0. The number of aliphatic hydroxyl groups excluding tert-OH is 1. The van der Waals surface area contributed by atoms with Crippen LogP contribution in [0.4, 0.5) is 0 Å². The lowest BCUT2D eigenvalue weighted by Crippen LogP contribution is -2.20. The molecule has 0 radical (unpaired) electrons. The first-order valence-corrected chi connectivity index (χ1v) is 11.7. The number of aliphatic hydroxyl groups is 1. The largest absolute Gasteiger partial charge is 0.491 e. The summed E-state index contributed by atoms with van der Waals surface area (Å²) in [5, 5.41) is 19.8. The maximum atomic E-state index is 11.7. The van der Waals surface area contributed by atoms with E-state index in [-0.39, 0.29) is 12.4 Å². The summed E-state index contributed by atoms with van der Waals surface area (Å²) >= 11 is 1.41. The summed E-state index contributed by atoms with van der Waals surface area (Å²) in [4.78, 5) is 11.7. The number of rotatable bonds is 11. The first-order valence-electron chi connectivity index (χ1n) is 10.7. The molecule has 0 amide bonds. The lowest BCUT2D eigenvalue weighted by Gasteiger charge is -2.13. The third-order valence-electron chi connectivity index (χ3n) is 4.99. The average molecular weight is 464 g/mol. The number of ether oxygens (including phenoxy) is 1. The minimum Gasteiger partial charge on any atom is -0.491 e. The molecule has 0 aliphatic carbocycles. The zero-order valence-electron chi connectivity index (χ0n) is 18.3. The van der Waals surface area contributed by atoms with Gasteiger partial charge in [-0.2, -0.15) is 0 Å². The Morgan fingerprint density at radius 2 is 1.88 bits per heavy atom. The van der Waals surface area contributed by atoms with Gasteiger partial charge in [-0.15, -0.1) is 10.2 Å². The summed E-state index contributed by atoms with van der Waals surface area (Å²) in [5.74, 6) is 2.36. The molecule has 0 spiro atoms. The number of ketones is 1. The molecule has 1 N–H and O–H groups in total. The second-order valence-corrected chi connectivity index (χ2v) is 8.42. The van der Waals surface area contributed by atoms with Crippen LogP contribution in [0.1, 0.15) is 29.3 Å². The molecule has 8 heteroatoms. The molecular formula is C25H25N3O4S. The molecule has 4 aromatic rings. The van der Waals surface area contributed by atoms with E-state index in [1.807, 2.05) is 54.0 Å². The third-order valence-corrected chi connectivity index (χ3v) is 6.10. The van der Waals surface area contributed by atoms with Crippen molar-refractivity contribution in [2.45, 2.75) is 31.1 Å². The van der Waals surface area contributed by atoms with Gasteiger partial charge in [0.1, 0.15) is 12.4 Å². The smallest absolute Gasteiger partial charge is 0.200 e. The van der Waals surface area contributed by atoms with Crippen molar-refractivity contribution in [1.82, 2.24) is 14.8 Å². The Bertz CT molecular complexity index is 1160. The topological polar surface area (TPSA) is 90.4 Å². The van der Waals surface area contributed by atoms with E-state index in [1.54, 1.807) is 30.5 Å². The van der Waals surface area contributed by atoms with Crippen LogP contribution >= 0.6 is 11.8 Å². The summed E-state index contributed by atoms with van der Waals surface area (Å²) in [6, 6.07) is 20.7. The molecule has 2 aromatic heterocycles. The molecule has 0 saturated carbocycles. The summed E-state index contributed by atoms with van der Waals surface area (Å²) in [7, 11) is 0. The minimum atomic E-state index is -0.708. The van der Waals surface area contributed by atoms with Crippen LogP contribution in [0.25, 0.3) is 11.6 Å². The maximum Gasteiger partial charge on any atom is 0.200 e. The van der Waals surface area contributed by atoms with Crippen molar-refractivity contribution >= 4 is 17.5 Å². The van der Waals surface area contributed by atoms with Crippen molar-refractivity contribution in [3.8, 4) is 17.3 Å². The van der Waals surface area contributed by atoms with Crippen molar-refractivity contribution < 1.29 is 19.1 Å². The minimum absolute atomic E-state index is 0.0894. The van der Waals surface area contributed by atoms with Crippen LogP contribution in [0, 0.1) is 0 Å². The summed E-state index contributed by atoms with van der Waals surface area (Å²) < 4.78 is 13.2. The lowest BCUT2D eigenvalue weighted by molar-refractivity contribution is 0.0987. The Kier molecular flexibility index (Phi) is 7.59. The van der Waals surface area contributed by atoms with Crippen molar-refractivity contribution in [2.24, 2.45) is 0 Å². The zero-order chi connectivity index (χ0) is 23.0. The number of hydrogen-bond acceptors (Lipinski definition) is 7. The number of nitrogens with zero attached hydrogens (tertiary/aromatic N) is 3. The fourth-order valence-electron chi connectivity index (χ4n) is 3.24. The van der Waals surface area contributed by atoms with E-state index >= 15 is 0 Å². The highest BCUT2D eigenvalue weighted by Crippen LogP contribution is 2.26. The molecule has 7 nitrogen and oxygen atoms in total. The van der Waals surface area contributed by atoms with Gasteiger partial charge in [-0.3, -0.25) is 9.36 Å². The predicted octanol–water partition coefficient (Wildman–Crippen LogP) is 4.71. The van der Waals surface area contributed by atoms with Gasteiger partial charge in [0.2, 0.25) is 5.82 Å². The Hall–Kier alpha value is -3.36. The van der Waals surface area contributed by atoms with E-state index in [0.29, 0.717) is 46.8 Å². The monoisotopic (exact) mass is 463 g/mol. The van der Waals surface area contributed by atoms with Gasteiger partial charge in [0.15, 0.2) is 16.7 Å². The summed E-state index contributed by atoms with van der Waals surface area (Å²) in [6.07, 6.45) is 1.36. The van der Waals surface area contributed by atoms with Crippen LogP contribution in [-0.2, 0) is 6.54 Å². The van der Waals surface area contributed by atoms with Gasteiger partial charge >= 0.3 is 0 Å². The van der Waals surface area contributed by atoms with Crippen LogP contribution in [0.2, 0.25) is 0 Å². The van der Waals surface area contributed by atoms with E-state index < -0.39 is 6.10 Å². The molecule has 1 unspecified atom stereocenters. The molecule has 0 aliphatic heterocycles. The molecule has 0 bridgehead atoms. The predicted molar refractivity (Wildman–Crippen MR) is 127 cm³/mol. The Morgan fingerprint density at radius 1 is 1.09 bits per heavy atom. The Labute approximate surface area is 196 Å². The molecule has 170 valence electrons. The fraction of sp³-hybridized carbons (Fsp3) is 0.240. The zero-order valence-corrected chi connectivity index (χ0v) is 19.1. The molecule has 0 saturated heterocycles. The lowest BCUT2D eigenvalue weighted by atomic mass is 10.1. The van der Waals surface area contributed by atoms with Crippen molar-refractivity contribution in [1.29, 1.82) is 0 Å². The van der Waals surface area contributed by atoms with Gasteiger partial charge in [0, 0.05) is 17.7 Å². The number of furan rings is 1. The van der Waals surface area contributed by atoms with Gasteiger partial charge in [0.05, 0.1) is 18.9 Å². The van der Waals surface area contributed by atoms with Gasteiger partial charge in [0.25, 0.3) is 0 Å². The van der Waals surface area contributed by atoms with E-state index in [9.17, 15) is 9.90 Å². The van der Waals surface area contributed by atoms with Crippen molar-refractivity contribution in [3.63, 3.8) is 0 Å². The van der Waals surface area contributed by atoms with Crippen LogP contribution in [-0.4, -0.2) is 44.1 Å². The van der Waals surface area contributed by atoms with Gasteiger partial charge in [-0.25, -0.2) is 0 Å². The highest BCUT2D eigenvalue weighted by molar-refractivity contribution is 7.99. The Morgan fingerprint density at radius 3 is 2.58 bits per heavy atom. The first-order chi connectivity index (χ1) is 16.1. The number of hydrogen-bond donors (Lipinski definition) is 1.